The number of allylic oxidation sites excluding steroid dienone is 5. The molecule has 1 N–H and O–H groups in total. The average Bonchev–Trinajstić information content (AvgIpc) is 3.72. The summed E-state index contributed by atoms with van der Waals surface area (Å²) in [6, 6.07) is 0. The van der Waals surface area contributed by atoms with Crippen molar-refractivity contribution in [2.45, 2.75) is 161 Å². The number of unbranched alkanes of at least 4 members (excludes halogenated alkanes) is 9. The molecule has 1 fully saturated rings. The van der Waals surface area contributed by atoms with Gasteiger partial charge in [0.2, 0.25) is 0 Å². The number of aliphatic hydroxyl groups excluding tert-OH is 1. The van der Waals surface area contributed by atoms with E-state index in [0.717, 1.165) is 50.9 Å². The van der Waals surface area contributed by atoms with Crippen LogP contribution in [0.1, 0.15) is 143 Å². The molecular weight excluding hydrogens is 528 g/mol. The fraction of sp³-hybridized carbons (Fsp3) is 0.778. The van der Waals surface area contributed by atoms with Crippen molar-refractivity contribution < 1.29 is 28.9 Å². The minimum Gasteiger partial charge on any atom is -0.463 e. The number of aliphatic hydroxyl groups is 1. The molecule has 1 aliphatic heterocycles. The van der Waals surface area contributed by atoms with E-state index in [1.165, 1.54) is 57.8 Å². The minimum absolute atomic E-state index is 0.140. The van der Waals surface area contributed by atoms with Gasteiger partial charge < -0.3 is 19.3 Å². The number of hydrogen-bond donors (Lipinski definition) is 1. The summed E-state index contributed by atoms with van der Waals surface area (Å²) in [7, 11) is 0. The van der Waals surface area contributed by atoms with Gasteiger partial charge in [-0.2, -0.15) is 0 Å². The molecule has 0 radical (unpaired) electrons. The maximum Gasteiger partial charge on any atom is 0.305 e. The fourth-order valence-corrected chi connectivity index (χ4v) is 4.77. The van der Waals surface area contributed by atoms with Gasteiger partial charge in [-0.1, -0.05) is 115 Å². The van der Waals surface area contributed by atoms with E-state index >= 15 is 0 Å². The Hall–Kier alpha value is -1.92. The molecule has 0 aromatic heterocycles. The first-order valence-corrected chi connectivity index (χ1v) is 17.0. The third kappa shape index (κ3) is 24.7. The van der Waals surface area contributed by atoms with E-state index in [1.54, 1.807) is 0 Å². The molecule has 1 heterocycles. The lowest BCUT2D eigenvalue weighted by atomic mass is 10.0. The first-order valence-electron chi connectivity index (χ1n) is 17.0. The molecule has 0 amide bonds. The maximum absolute atomic E-state index is 12.0. The van der Waals surface area contributed by atoms with Crippen LogP contribution in [0.25, 0.3) is 0 Å². The first kappa shape index (κ1) is 38.1. The Morgan fingerprint density at radius 1 is 0.714 bits per heavy atom. The van der Waals surface area contributed by atoms with Crippen molar-refractivity contribution >= 4 is 11.9 Å². The van der Waals surface area contributed by atoms with Gasteiger partial charge in [-0.25, -0.2) is 0 Å². The van der Waals surface area contributed by atoms with Gasteiger partial charge in [0, 0.05) is 12.8 Å². The molecule has 2 unspecified atom stereocenters. The molecule has 1 saturated heterocycles. The second-order valence-corrected chi connectivity index (χ2v) is 12.1. The maximum atomic E-state index is 12.0. The Balaban J connectivity index is 1.92. The van der Waals surface area contributed by atoms with Crippen LogP contribution in [0.2, 0.25) is 0 Å². The third-order valence-corrected chi connectivity index (χ3v) is 7.48. The molecule has 0 spiro atoms. The molecule has 1 aliphatic rings. The minimum atomic E-state index is -0.992. The second-order valence-electron chi connectivity index (χ2n) is 12.1. The number of esters is 2. The molecule has 0 bridgehead atoms. The van der Waals surface area contributed by atoms with Crippen molar-refractivity contribution in [1.29, 1.82) is 0 Å². The summed E-state index contributed by atoms with van der Waals surface area (Å²) < 4.78 is 16.0. The Morgan fingerprint density at radius 3 is 1.93 bits per heavy atom. The van der Waals surface area contributed by atoms with Crippen molar-refractivity contribution in [3.05, 3.63) is 36.5 Å². The quantitative estimate of drug-likeness (QED) is 0.0424. The summed E-state index contributed by atoms with van der Waals surface area (Å²) in [5.74, 6) is 0.143. The lowest BCUT2D eigenvalue weighted by Gasteiger charge is -2.12. The topological polar surface area (TPSA) is 85.4 Å². The summed E-state index contributed by atoms with van der Waals surface area (Å²) in [5.41, 5.74) is 0. The number of epoxide rings is 1. The number of carbonyl (C=O) groups excluding carboxylic acids is 2. The van der Waals surface area contributed by atoms with Gasteiger partial charge in [0.1, 0.15) is 19.3 Å². The zero-order valence-corrected chi connectivity index (χ0v) is 27.1. The summed E-state index contributed by atoms with van der Waals surface area (Å²) in [6.07, 6.45) is 32.3. The molecule has 42 heavy (non-hydrogen) atoms. The van der Waals surface area contributed by atoms with E-state index in [4.69, 9.17) is 14.2 Å². The monoisotopic (exact) mass is 590 g/mol. The van der Waals surface area contributed by atoms with Crippen LogP contribution in [-0.2, 0) is 23.8 Å². The lowest BCUT2D eigenvalue weighted by Crippen LogP contribution is -2.25. The van der Waals surface area contributed by atoms with E-state index < -0.39 is 6.10 Å². The van der Waals surface area contributed by atoms with E-state index in [1.807, 2.05) is 0 Å². The van der Waals surface area contributed by atoms with Gasteiger partial charge in [-0.3, -0.25) is 9.59 Å². The predicted molar refractivity (Wildman–Crippen MR) is 172 cm³/mol. The Morgan fingerprint density at radius 2 is 1.29 bits per heavy atom. The van der Waals surface area contributed by atoms with Crippen LogP contribution in [0.5, 0.6) is 0 Å². The Bertz CT molecular complexity index is 756. The SMILES string of the molecule is CCCCC/C=C\C/C=C\C/C=C\CC1OC1CCCC(=O)OC[C@H](O)COC(=O)CCCCCCCCCC(C)C. The third-order valence-electron chi connectivity index (χ3n) is 7.48. The van der Waals surface area contributed by atoms with Crippen LogP contribution in [0, 0.1) is 5.92 Å². The van der Waals surface area contributed by atoms with Crippen LogP contribution in [0.15, 0.2) is 36.5 Å². The van der Waals surface area contributed by atoms with Crippen LogP contribution < -0.4 is 0 Å². The second kappa shape index (κ2) is 26.7. The van der Waals surface area contributed by atoms with E-state index in [0.29, 0.717) is 19.3 Å². The highest BCUT2D eigenvalue weighted by Crippen LogP contribution is 2.30. The molecular formula is C36H62O6. The number of hydrogen-bond acceptors (Lipinski definition) is 6. The predicted octanol–water partition coefficient (Wildman–Crippen LogP) is 8.96. The zero-order chi connectivity index (χ0) is 30.7. The van der Waals surface area contributed by atoms with Crippen molar-refractivity contribution in [3.63, 3.8) is 0 Å². The van der Waals surface area contributed by atoms with Crippen LogP contribution in [0.4, 0.5) is 0 Å². The number of rotatable bonds is 28. The largest absolute Gasteiger partial charge is 0.463 e. The molecule has 1 rings (SSSR count). The Labute approximate surface area is 257 Å². The van der Waals surface area contributed by atoms with Crippen molar-refractivity contribution in [2.75, 3.05) is 13.2 Å². The molecule has 0 aromatic carbocycles. The molecule has 242 valence electrons. The normalized spacial score (nSPS) is 17.5. The summed E-state index contributed by atoms with van der Waals surface area (Å²) in [6.45, 7) is 6.47. The van der Waals surface area contributed by atoms with Gasteiger partial charge in [-0.15, -0.1) is 0 Å². The number of carbonyl (C=O) groups is 2. The highest BCUT2D eigenvalue weighted by Gasteiger charge is 2.36. The Kier molecular flexibility index (Phi) is 24.2. The lowest BCUT2D eigenvalue weighted by molar-refractivity contribution is -0.152. The molecule has 0 aliphatic carbocycles. The molecule has 0 aromatic rings. The summed E-state index contributed by atoms with van der Waals surface area (Å²) in [4.78, 5) is 23.9. The first-order chi connectivity index (χ1) is 20.4. The van der Waals surface area contributed by atoms with Crippen molar-refractivity contribution in [3.8, 4) is 0 Å². The van der Waals surface area contributed by atoms with Gasteiger partial charge in [0.15, 0.2) is 0 Å². The van der Waals surface area contributed by atoms with Gasteiger partial charge >= 0.3 is 11.9 Å². The molecule has 6 heteroatoms. The van der Waals surface area contributed by atoms with Gasteiger partial charge in [0.05, 0.1) is 12.2 Å². The van der Waals surface area contributed by atoms with Crippen molar-refractivity contribution in [1.82, 2.24) is 0 Å². The van der Waals surface area contributed by atoms with E-state index in [2.05, 4.69) is 57.2 Å². The molecule has 3 atom stereocenters. The zero-order valence-electron chi connectivity index (χ0n) is 27.1. The smallest absolute Gasteiger partial charge is 0.305 e. The summed E-state index contributed by atoms with van der Waals surface area (Å²) in [5, 5.41) is 9.97. The summed E-state index contributed by atoms with van der Waals surface area (Å²) >= 11 is 0. The van der Waals surface area contributed by atoms with Gasteiger partial charge in [-0.05, 0) is 57.3 Å². The molecule has 6 nitrogen and oxygen atoms in total. The average molecular weight is 591 g/mol. The highest BCUT2D eigenvalue weighted by atomic mass is 16.6. The standard InChI is InChI=1S/C36H62O6/c1-4-5-6-7-8-9-10-11-12-15-18-21-25-33-34(42-33)26-23-28-36(39)41-30-32(37)29-40-35(38)27-22-19-16-13-14-17-20-24-31(2)3/h8-9,11-12,18,21,31-34,37H,4-7,10,13-17,19-20,22-30H2,1-3H3/b9-8-,12-11-,21-18-/t32-,33?,34?/m1/s1. The van der Waals surface area contributed by atoms with Crippen LogP contribution in [-0.4, -0.2) is 48.6 Å². The fourth-order valence-electron chi connectivity index (χ4n) is 4.77. The van der Waals surface area contributed by atoms with Crippen LogP contribution >= 0.6 is 0 Å². The number of ether oxygens (including phenoxy) is 3. The van der Waals surface area contributed by atoms with Gasteiger partial charge in [0.25, 0.3) is 0 Å². The highest BCUT2D eigenvalue weighted by molar-refractivity contribution is 5.69. The van der Waals surface area contributed by atoms with Crippen molar-refractivity contribution in [2.24, 2.45) is 5.92 Å². The molecule has 0 saturated carbocycles. The van der Waals surface area contributed by atoms with Crippen LogP contribution in [0.3, 0.4) is 0 Å². The van der Waals surface area contributed by atoms with E-state index in [-0.39, 0.29) is 37.4 Å². The van der Waals surface area contributed by atoms with E-state index in [9.17, 15) is 14.7 Å².